The Morgan fingerprint density at radius 3 is 2.56 bits per heavy atom. The maximum Gasteiger partial charge on any atom is 0.201 e. The lowest BCUT2D eigenvalue weighted by molar-refractivity contribution is 0.611. The van der Waals surface area contributed by atoms with Gasteiger partial charge in [0.1, 0.15) is 22.3 Å². The molecular weight excluding hydrogens is 230 g/mol. The molecule has 2 aromatic rings. The van der Waals surface area contributed by atoms with Crippen LogP contribution >= 0.6 is 0 Å². The molecule has 0 aliphatic heterocycles. The summed E-state index contributed by atoms with van der Waals surface area (Å²) in [7, 11) is -0.832. The molecule has 7 nitrogen and oxygen atoms in total. The molecule has 0 radical (unpaired) electrons. The van der Waals surface area contributed by atoms with Gasteiger partial charge in [0.25, 0.3) is 0 Å². The van der Waals surface area contributed by atoms with Crippen molar-refractivity contribution in [2.45, 2.75) is 5.75 Å². The normalized spacial score (nSPS) is 10.9. The lowest BCUT2D eigenvalue weighted by Gasteiger charge is -1.99. The van der Waals surface area contributed by atoms with Gasteiger partial charge in [0.15, 0.2) is 5.82 Å². The second-order valence-corrected chi connectivity index (χ2v) is 4.04. The van der Waals surface area contributed by atoms with Crippen LogP contribution in [-0.4, -0.2) is 33.2 Å². The Hall–Kier alpha value is -1.83. The molecule has 0 aliphatic rings. The van der Waals surface area contributed by atoms with E-state index in [2.05, 4.69) is 20.2 Å². The summed E-state index contributed by atoms with van der Waals surface area (Å²) in [5, 5.41) is 7.64. The summed E-state index contributed by atoms with van der Waals surface area (Å²) in [5.41, 5.74) is 0. The van der Waals surface area contributed by atoms with E-state index in [9.17, 15) is 8.42 Å². The molecule has 8 heteroatoms. The van der Waals surface area contributed by atoms with Crippen molar-refractivity contribution in [2.24, 2.45) is 7.05 Å². The molecule has 2 heterocycles. The summed E-state index contributed by atoms with van der Waals surface area (Å²) < 4.78 is 22.8. The minimum Gasteiger partial charge on any atom is -0.311 e. The first-order valence-electron chi connectivity index (χ1n) is 4.46. The lowest BCUT2D eigenvalue weighted by Crippen LogP contribution is -2.02. The molecule has 0 atom stereocenters. The summed E-state index contributed by atoms with van der Waals surface area (Å²) in [4.78, 5) is 8.03. The maximum atomic E-state index is 10.6. The summed E-state index contributed by atoms with van der Waals surface area (Å²) in [5.74, 6) is 1.11. The summed E-state index contributed by atoms with van der Waals surface area (Å²) in [6.07, 6.45) is 3.18. The van der Waals surface area contributed by atoms with E-state index in [-0.39, 0.29) is 5.75 Å². The fourth-order valence-electron chi connectivity index (χ4n) is 1.22. The molecule has 0 fully saturated rings. The smallest absolute Gasteiger partial charge is 0.201 e. The molecule has 2 rings (SSSR count). The average molecular weight is 239 g/mol. The van der Waals surface area contributed by atoms with Gasteiger partial charge in [-0.25, -0.2) is 18.4 Å². The number of thiol groups is 1. The average Bonchev–Trinajstić information content (AvgIpc) is 2.61. The van der Waals surface area contributed by atoms with Gasteiger partial charge in [-0.1, -0.05) is 0 Å². The minimum atomic E-state index is -2.51. The van der Waals surface area contributed by atoms with E-state index < -0.39 is 10.7 Å². The van der Waals surface area contributed by atoms with E-state index in [0.717, 1.165) is 0 Å². The first-order valence-corrected chi connectivity index (χ1v) is 5.82. The van der Waals surface area contributed by atoms with Gasteiger partial charge >= 0.3 is 0 Å². The summed E-state index contributed by atoms with van der Waals surface area (Å²) in [6, 6.07) is 1.69. The fourth-order valence-corrected chi connectivity index (χ4v) is 1.73. The van der Waals surface area contributed by atoms with Gasteiger partial charge in [-0.3, -0.25) is 0 Å². The van der Waals surface area contributed by atoms with Crippen LogP contribution in [0.4, 0.5) is 0 Å². The van der Waals surface area contributed by atoms with E-state index in [0.29, 0.717) is 17.5 Å². The van der Waals surface area contributed by atoms with E-state index in [1.165, 1.54) is 0 Å². The van der Waals surface area contributed by atoms with Crippen molar-refractivity contribution in [2.75, 3.05) is 0 Å². The van der Waals surface area contributed by atoms with Crippen LogP contribution in [0.5, 0.6) is 0 Å². The largest absolute Gasteiger partial charge is 0.311 e. The number of aromatic nitrogens is 5. The first kappa shape index (κ1) is 10.7. The Bertz CT molecular complexity index is 555. The third kappa shape index (κ3) is 2.06. The minimum absolute atomic E-state index is 0.133. The maximum absolute atomic E-state index is 10.6. The molecule has 0 aliphatic carbocycles. The van der Waals surface area contributed by atoms with Gasteiger partial charge in [-0.05, 0) is 6.07 Å². The molecule has 84 valence electrons. The van der Waals surface area contributed by atoms with Gasteiger partial charge in [0.05, 0.1) is 0 Å². The van der Waals surface area contributed by atoms with Gasteiger partial charge < -0.3 is 4.57 Å². The van der Waals surface area contributed by atoms with Crippen molar-refractivity contribution in [1.29, 1.82) is 0 Å². The van der Waals surface area contributed by atoms with E-state index in [1.807, 2.05) is 0 Å². The molecular formula is C8H9N5O2S. The summed E-state index contributed by atoms with van der Waals surface area (Å²) in [6.45, 7) is 0. The van der Waals surface area contributed by atoms with Crippen LogP contribution in [0.2, 0.25) is 0 Å². The standard InChI is InChI=1S/C8H9N5O2S/c1-13-6(5-16(14)15)11-12-8(13)7-9-3-2-4-10-7/h2-4,16H,5H2,1H3. The van der Waals surface area contributed by atoms with Crippen LogP contribution in [0.1, 0.15) is 5.82 Å². The SMILES string of the molecule is Cn1c(C[SH](=O)=O)nnc1-c1ncccn1. The Labute approximate surface area is 93.1 Å². The van der Waals surface area contributed by atoms with Crippen LogP contribution in [0.3, 0.4) is 0 Å². The van der Waals surface area contributed by atoms with Gasteiger partial charge in [-0.2, -0.15) is 0 Å². The van der Waals surface area contributed by atoms with E-state index in [4.69, 9.17) is 0 Å². The van der Waals surface area contributed by atoms with Crippen LogP contribution in [-0.2, 0) is 23.5 Å². The van der Waals surface area contributed by atoms with Crippen molar-refractivity contribution >= 4 is 10.7 Å². The molecule has 0 aromatic carbocycles. The molecule has 0 amide bonds. The van der Waals surface area contributed by atoms with E-state index in [1.54, 1.807) is 30.1 Å². The van der Waals surface area contributed by atoms with E-state index >= 15 is 0 Å². The van der Waals surface area contributed by atoms with Crippen LogP contribution in [0, 0.1) is 0 Å². The first-order chi connectivity index (χ1) is 7.68. The molecule has 2 aromatic heterocycles. The third-order valence-electron chi connectivity index (χ3n) is 2.00. The highest BCUT2D eigenvalue weighted by molar-refractivity contribution is 7.71. The zero-order valence-corrected chi connectivity index (χ0v) is 9.33. The lowest BCUT2D eigenvalue weighted by atomic mass is 10.5. The topological polar surface area (TPSA) is 90.6 Å². The van der Waals surface area contributed by atoms with Crippen LogP contribution < -0.4 is 0 Å². The molecule has 0 spiro atoms. The Morgan fingerprint density at radius 2 is 1.94 bits per heavy atom. The second kappa shape index (κ2) is 4.35. The quantitative estimate of drug-likeness (QED) is 0.718. The Kier molecular flexibility index (Phi) is 2.91. The predicted octanol–water partition coefficient (Wildman–Crippen LogP) is -0.617. The number of hydrogen-bond donors (Lipinski definition) is 1. The van der Waals surface area contributed by atoms with Crippen LogP contribution in [0.25, 0.3) is 11.6 Å². The molecule has 0 bridgehead atoms. The van der Waals surface area contributed by atoms with Crippen LogP contribution in [0.15, 0.2) is 18.5 Å². The number of nitrogens with zero attached hydrogens (tertiary/aromatic N) is 5. The molecule has 0 saturated heterocycles. The van der Waals surface area contributed by atoms with Crippen molar-refractivity contribution in [3.63, 3.8) is 0 Å². The zero-order valence-electron chi connectivity index (χ0n) is 8.44. The highest BCUT2D eigenvalue weighted by Crippen LogP contribution is 2.11. The predicted molar refractivity (Wildman–Crippen MR) is 56.0 cm³/mol. The fraction of sp³-hybridized carbons (Fsp3) is 0.250. The van der Waals surface area contributed by atoms with Crippen molar-refractivity contribution in [3.05, 3.63) is 24.3 Å². The number of rotatable bonds is 3. The van der Waals surface area contributed by atoms with Gasteiger partial charge in [-0.15, -0.1) is 10.2 Å². The number of hydrogen-bond acceptors (Lipinski definition) is 6. The Morgan fingerprint density at radius 1 is 1.25 bits per heavy atom. The van der Waals surface area contributed by atoms with Crippen molar-refractivity contribution in [1.82, 2.24) is 24.7 Å². The molecule has 0 unspecified atom stereocenters. The monoisotopic (exact) mass is 239 g/mol. The highest BCUT2D eigenvalue weighted by Gasteiger charge is 2.12. The highest BCUT2D eigenvalue weighted by atomic mass is 32.2. The summed E-state index contributed by atoms with van der Waals surface area (Å²) >= 11 is 0. The molecule has 0 N–H and O–H groups in total. The Balaban J connectivity index is 2.41. The zero-order chi connectivity index (χ0) is 11.5. The van der Waals surface area contributed by atoms with Gasteiger partial charge in [0.2, 0.25) is 5.82 Å². The third-order valence-corrected chi connectivity index (χ3v) is 2.54. The van der Waals surface area contributed by atoms with Gasteiger partial charge in [0, 0.05) is 19.4 Å². The molecule has 16 heavy (non-hydrogen) atoms. The van der Waals surface area contributed by atoms with Crippen molar-refractivity contribution in [3.8, 4) is 11.6 Å². The second-order valence-electron chi connectivity index (χ2n) is 3.06. The van der Waals surface area contributed by atoms with Crippen molar-refractivity contribution < 1.29 is 8.42 Å². The molecule has 0 saturated carbocycles.